The van der Waals surface area contributed by atoms with E-state index in [1.54, 1.807) is 18.2 Å². The molecule has 1 aliphatic heterocycles. The van der Waals surface area contributed by atoms with Crippen LogP contribution < -0.4 is 5.32 Å². The first-order valence-electron chi connectivity index (χ1n) is 9.37. The molecule has 2 aromatic carbocycles. The van der Waals surface area contributed by atoms with Gasteiger partial charge >= 0.3 is 0 Å². The van der Waals surface area contributed by atoms with Crippen LogP contribution in [-0.4, -0.2) is 34.1 Å². The Morgan fingerprint density at radius 1 is 1.19 bits per heavy atom. The number of carbonyl (C=O) groups is 1. The van der Waals surface area contributed by atoms with E-state index < -0.39 is 11.0 Å². The van der Waals surface area contributed by atoms with Crippen LogP contribution in [0.3, 0.4) is 0 Å². The van der Waals surface area contributed by atoms with Gasteiger partial charge in [0.05, 0.1) is 10.8 Å². The summed E-state index contributed by atoms with van der Waals surface area (Å²) in [5.41, 5.74) is 1.28. The molecule has 0 bridgehead atoms. The minimum absolute atomic E-state index is 0.0656. The number of halogens is 1. The van der Waals surface area contributed by atoms with Gasteiger partial charge in [-0.2, -0.15) is 0 Å². The molecule has 1 heterocycles. The Labute approximate surface area is 168 Å². The van der Waals surface area contributed by atoms with Crippen LogP contribution in [-0.2, 0) is 22.2 Å². The first-order valence-corrected chi connectivity index (χ1v) is 10.9. The van der Waals surface area contributed by atoms with E-state index >= 15 is 0 Å². The highest BCUT2D eigenvalue weighted by Gasteiger charge is 2.28. The Bertz CT molecular complexity index is 785. The van der Waals surface area contributed by atoms with Gasteiger partial charge in [-0.1, -0.05) is 48.0 Å². The predicted molar refractivity (Wildman–Crippen MR) is 110 cm³/mol. The van der Waals surface area contributed by atoms with Crippen LogP contribution in [0.5, 0.6) is 0 Å². The number of piperidine rings is 1. The lowest BCUT2D eigenvalue weighted by Crippen LogP contribution is -2.43. The second kappa shape index (κ2) is 10.0. The fourth-order valence-electron chi connectivity index (χ4n) is 3.32. The van der Waals surface area contributed by atoms with E-state index in [4.69, 9.17) is 11.6 Å². The summed E-state index contributed by atoms with van der Waals surface area (Å²) in [5.74, 6) is -0.0468. The van der Waals surface area contributed by atoms with Gasteiger partial charge in [-0.3, -0.25) is 4.79 Å². The van der Waals surface area contributed by atoms with Crippen LogP contribution in [0.25, 0.3) is 0 Å². The van der Waals surface area contributed by atoms with Crippen LogP contribution in [0.1, 0.15) is 24.8 Å². The van der Waals surface area contributed by atoms with Gasteiger partial charge in [0.25, 0.3) is 0 Å². The van der Waals surface area contributed by atoms with Gasteiger partial charge in [0.15, 0.2) is 0 Å². The SMILES string of the molecule is O=C(NCCCc1ccccc1)C1CCCN(S(=O)c2cccc(Cl)c2)C1. The molecule has 0 saturated carbocycles. The van der Waals surface area contributed by atoms with Gasteiger partial charge in [0.2, 0.25) is 5.91 Å². The summed E-state index contributed by atoms with van der Waals surface area (Å²) in [6.45, 7) is 1.92. The molecule has 1 aliphatic rings. The molecule has 1 N–H and O–H groups in total. The van der Waals surface area contributed by atoms with E-state index in [0.717, 1.165) is 32.2 Å². The second-order valence-electron chi connectivity index (χ2n) is 6.81. The third kappa shape index (κ3) is 5.89. The molecule has 27 heavy (non-hydrogen) atoms. The Morgan fingerprint density at radius 2 is 2.00 bits per heavy atom. The Morgan fingerprint density at radius 3 is 2.78 bits per heavy atom. The summed E-state index contributed by atoms with van der Waals surface area (Å²) in [6.07, 6.45) is 3.58. The van der Waals surface area contributed by atoms with Crippen LogP contribution in [0, 0.1) is 5.92 Å². The van der Waals surface area contributed by atoms with Gasteiger partial charge in [0, 0.05) is 24.7 Å². The summed E-state index contributed by atoms with van der Waals surface area (Å²) < 4.78 is 14.7. The minimum Gasteiger partial charge on any atom is -0.356 e. The number of nitrogens with zero attached hydrogens (tertiary/aromatic N) is 1. The number of amides is 1. The molecule has 0 spiro atoms. The standard InChI is InChI=1S/C21H25ClN2O2S/c22-19-11-4-12-20(15-19)27(26)24-14-6-10-18(16-24)21(25)23-13-5-9-17-7-2-1-3-8-17/h1-4,7-8,11-12,15,18H,5-6,9-10,13-14,16H2,(H,23,25). The maximum atomic E-state index is 12.8. The molecule has 1 amide bonds. The molecule has 2 aromatic rings. The van der Waals surface area contributed by atoms with Crippen LogP contribution in [0.15, 0.2) is 59.5 Å². The summed E-state index contributed by atoms with van der Waals surface area (Å²) in [6, 6.07) is 17.4. The molecule has 4 nitrogen and oxygen atoms in total. The molecule has 2 unspecified atom stereocenters. The molecular formula is C21H25ClN2O2S. The van der Waals surface area contributed by atoms with E-state index in [1.165, 1.54) is 5.56 Å². The molecule has 0 aromatic heterocycles. The van der Waals surface area contributed by atoms with Crippen LogP contribution >= 0.6 is 11.6 Å². The Balaban J connectivity index is 1.47. The normalized spacial score (nSPS) is 18.8. The molecule has 1 fully saturated rings. The highest BCUT2D eigenvalue weighted by molar-refractivity contribution is 7.82. The van der Waals surface area contributed by atoms with Crippen molar-refractivity contribution in [2.75, 3.05) is 19.6 Å². The minimum atomic E-state index is -1.28. The number of hydrogen-bond donors (Lipinski definition) is 1. The molecule has 0 radical (unpaired) electrons. The lowest BCUT2D eigenvalue weighted by molar-refractivity contribution is -0.126. The van der Waals surface area contributed by atoms with Crippen molar-refractivity contribution in [3.63, 3.8) is 0 Å². The monoisotopic (exact) mass is 404 g/mol. The molecule has 6 heteroatoms. The van der Waals surface area contributed by atoms with Crippen LogP contribution in [0.2, 0.25) is 5.02 Å². The molecule has 2 atom stereocenters. The van der Waals surface area contributed by atoms with Crippen molar-refractivity contribution in [2.45, 2.75) is 30.6 Å². The largest absolute Gasteiger partial charge is 0.356 e. The summed E-state index contributed by atoms with van der Waals surface area (Å²) >= 11 is 6.01. The van der Waals surface area contributed by atoms with Crippen molar-refractivity contribution in [3.8, 4) is 0 Å². The zero-order valence-corrected chi connectivity index (χ0v) is 16.8. The number of benzene rings is 2. The van der Waals surface area contributed by atoms with Gasteiger partial charge in [0.1, 0.15) is 11.0 Å². The highest BCUT2D eigenvalue weighted by Crippen LogP contribution is 2.23. The van der Waals surface area contributed by atoms with Gasteiger partial charge in [-0.05, 0) is 49.4 Å². The van der Waals surface area contributed by atoms with E-state index in [0.29, 0.717) is 23.0 Å². The number of aryl methyl sites for hydroxylation is 1. The fraction of sp³-hybridized carbons (Fsp3) is 0.381. The van der Waals surface area contributed by atoms with E-state index in [2.05, 4.69) is 17.4 Å². The van der Waals surface area contributed by atoms with E-state index in [-0.39, 0.29) is 11.8 Å². The van der Waals surface area contributed by atoms with E-state index in [9.17, 15) is 9.00 Å². The van der Waals surface area contributed by atoms with Gasteiger partial charge in [-0.15, -0.1) is 0 Å². The number of hydrogen-bond acceptors (Lipinski definition) is 2. The Kier molecular flexibility index (Phi) is 7.44. The first-order chi connectivity index (χ1) is 13.1. The van der Waals surface area contributed by atoms with Crippen LogP contribution in [0.4, 0.5) is 0 Å². The zero-order chi connectivity index (χ0) is 19.1. The van der Waals surface area contributed by atoms with Crippen molar-refractivity contribution in [1.29, 1.82) is 0 Å². The summed E-state index contributed by atoms with van der Waals surface area (Å²) in [7, 11) is -1.28. The smallest absolute Gasteiger partial charge is 0.224 e. The molecule has 144 valence electrons. The third-order valence-electron chi connectivity index (χ3n) is 4.77. The molecule has 3 rings (SSSR count). The van der Waals surface area contributed by atoms with Crippen molar-refractivity contribution in [2.24, 2.45) is 5.92 Å². The van der Waals surface area contributed by atoms with Crippen molar-refractivity contribution >= 4 is 28.5 Å². The average Bonchev–Trinajstić information content (AvgIpc) is 2.71. The van der Waals surface area contributed by atoms with Gasteiger partial charge < -0.3 is 5.32 Å². The molecule has 1 saturated heterocycles. The Hall–Kier alpha value is -1.69. The predicted octanol–water partition coefficient (Wildman–Crippen LogP) is 3.82. The maximum absolute atomic E-state index is 12.8. The lowest BCUT2D eigenvalue weighted by atomic mass is 9.99. The second-order valence-corrected chi connectivity index (χ2v) is 8.74. The van der Waals surface area contributed by atoms with Crippen molar-refractivity contribution in [3.05, 3.63) is 65.2 Å². The van der Waals surface area contributed by atoms with Crippen molar-refractivity contribution in [1.82, 2.24) is 9.62 Å². The fourth-order valence-corrected chi connectivity index (χ4v) is 4.91. The first kappa shape index (κ1) is 20.1. The molecule has 0 aliphatic carbocycles. The van der Waals surface area contributed by atoms with Crippen molar-refractivity contribution < 1.29 is 9.00 Å². The lowest BCUT2D eigenvalue weighted by Gasteiger charge is -2.30. The maximum Gasteiger partial charge on any atom is 0.224 e. The third-order valence-corrected chi connectivity index (χ3v) is 6.46. The number of nitrogens with one attached hydrogen (secondary N) is 1. The van der Waals surface area contributed by atoms with Gasteiger partial charge in [-0.25, -0.2) is 8.51 Å². The zero-order valence-electron chi connectivity index (χ0n) is 15.3. The molecular weight excluding hydrogens is 380 g/mol. The quantitative estimate of drug-likeness (QED) is 0.713. The average molecular weight is 405 g/mol. The number of carbonyl (C=O) groups excluding carboxylic acids is 1. The van der Waals surface area contributed by atoms with E-state index in [1.807, 2.05) is 28.6 Å². The highest BCUT2D eigenvalue weighted by atomic mass is 35.5. The summed E-state index contributed by atoms with van der Waals surface area (Å²) in [5, 5.41) is 3.62. The number of rotatable bonds is 7. The topological polar surface area (TPSA) is 49.4 Å². The summed E-state index contributed by atoms with van der Waals surface area (Å²) in [4.78, 5) is 13.2.